The molecule has 0 spiro atoms. The molecule has 0 aliphatic rings. The van der Waals surface area contributed by atoms with Crippen molar-refractivity contribution in [3.05, 3.63) is 71.4 Å². The van der Waals surface area contributed by atoms with E-state index in [1.807, 2.05) is 62.4 Å². The van der Waals surface area contributed by atoms with E-state index in [9.17, 15) is 9.90 Å². The molecule has 1 heterocycles. The van der Waals surface area contributed by atoms with Crippen molar-refractivity contribution in [2.45, 2.75) is 13.8 Å². The number of aromatic nitrogens is 2. The number of aromatic carboxylic acids is 1. The van der Waals surface area contributed by atoms with Crippen molar-refractivity contribution >= 4 is 5.97 Å². The van der Waals surface area contributed by atoms with Crippen molar-refractivity contribution in [1.82, 2.24) is 9.97 Å². The minimum Gasteiger partial charge on any atom is -0.477 e. The Morgan fingerprint density at radius 3 is 2.54 bits per heavy atom. The summed E-state index contributed by atoms with van der Waals surface area (Å²) in [6, 6.07) is 15.1. The molecule has 24 heavy (non-hydrogen) atoms. The predicted molar refractivity (Wildman–Crippen MR) is 90.4 cm³/mol. The van der Waals surface area contributed by atoms with Crippen LogP contribution in [0, 0.1) is 13.8 Å². The second-order valence-corrected chi connectivity index (χ2v) is 5.45. The zero-order valence-electron chi connectivity index (χ0n) is 13.4. The minimum atomic E-state index is -1.13. The molecule has 1 aromatic heterocycles. The van der Waals surface area contributed by atoms with E-state index < -0.39 is 5.97 Å². The average Bonchev–Trinajstić information content (AvgIpc) is 2.58. The van der Waals surface area contributed by atoms with E-state index in [2.05, 4.69) is 9.97 Å². The van der Waals surface area contributed by atoms with Gasteiger partial charge in [0.2, 0.25) is 5.88 Å². The fraction of sp³-hybridized carbons (Fsp3) is 0.105. The summed E-state index contributed by atoms with van der Waals surface area (Å²) in [5, 5.41) is 9.37. The van der Waals surface area contributed by atoms with Crippen molar-refractivity contribution in [3.8, 4) is 23.0 Å². The lowest BCUT2D eigenvalue weighted by Gasteiger charge is -2.11. The maximum atomic E-state index is 11.5. The molecule has 0 bridgehead atoms. The van der Waals surface area contributed by atoms with Gasteiger partial charge >= 0.3 is 5.97 Å². The van der Waals surface area contributed by atoms with Crippen LogP contribution in [0.25, 0.3) is 11.4 Å². The van der Waals surface area contributed by atoms with E-state index in [4.69, 9.17) is 4.74 Å². The summed E-state index contributed by atoms with van der Waals surface area (Å²) in [5.74, 6) is -0.101. The highest BCUT2D eigenvalue weighted by Gasteiger charge is 2.17. The molecule has 0 aliphatic carbocycles. The largest absolute Gasteiger partial charge is 0.477 e. The van der Waals surface area contributed by atoms with Gasteiger partial charge in [0.05, 0.1) is 0 Å². The molecule has 2 aromatic carbocycles. The maximum Gasteiger partial charge on any atom is 0.342 e. The third-order valence-corrected chi connectivity index (χ3v) is 3.57. The lowest BCUT2D eigenvalue weighted by atomic mass is 10.1. The summed E-state index contributed by atoms with van der Waals surface area (Å²) >= 11 is 0. The van der Waals surface area contributed by atoms with E-state index in [0.29, 0.717) is 11.6 Å². The summed E-state index contributed by atoms with van der Waals surface area (Å²) in [4.78, 5) is 19.9. The second-order valence-electron chi connectivity index (χ2n) is 5.45. The van der Waals surface area contributed by atoms with Crippen molar-refractivity contribution in [1.29, 1.82) is 0 Å². The van der Waals surface area contributed by atoms with Crippen molar-refractivity contribution < 1.29 is 14.6 Å². The first kappa shape index (κ1) is 15.7. The molecule has 0 aliphatic heterocycles. The topological polar surface area (TPSA) is 72.3 Å². The quantitative estimate of drug-likeness (QED) is 0.778. The monoisotopic (exact) mass is 320 g/mol. The van der Waals surface area contributed by atoms with Gasteiger partial charge in [0, 0.05) is 11.8 Å². The third kappa shape index (κ3) is 3.25. The Bertz CT molecular complexity index is 892. The van der Waals surface area contributed by atoms with Gasteiger partial charge in [-0.05, 0) is 31.0 Å². The molecule has 0 saturated carbocycles. The third-order valence-electron chi connectivity index (χ3n) is 3.57. The van der Waals surface area contributed by atoms with Crippen LogP contribution in [0.2, 0.25) is 0 Å². The zero-order chi connectivity index (χ0) is 17.1. The van der Waals surface area contributed by atoms with Gasteiger partial charge in [-0.3, -0.25) is 0 Å². The Labute approximate surface area is 139 Å². The van der Waals surface area contributed by atoms with Gasteiger partial charge in [-0.15, -0.1) is 0 Å². The minimum absolute atomic E-state index is 0.0325. The summed E-state index contributed by atoms with van der Waals surface area (Å²) in [6.07, 6.45) is 1.28. The van der Waals surface area contributed by atoms with Crippen molar-refractivity contribution in [3.63, 3.8) is 0 Å². The van der Waals surface area contributed by atoms with E-state index in [0.717, 1.165) is 16.7 Å². The van der Waals surface area contributed by atoms with Crippen LogP contribution in [0.4, 0.5) is 0 Å². The van der Waals surface area contributed by atoms with E-state index in [-0.39, 0.29) is 11.4 Å². The van der Waals surface area contributed by atoms with Crippen LogP contribution in [0.3, 0.4) is 0 Å². The second kappa shape index (κ2) is 6.50. The number of rotatable bonds is 4. The Hall–Kier alpha value is -3.21. The standard InChI is InChI=1S/C19H16N2O3/c1-12-8-9-13(2)16(10-12)24-18-15(19(22)23)11-20-17(21-18)14-6-4-3-5-7-14/h3-11H,1-2H3,(H,22,23). The number of benzene rings is 2. The zero-order valence-corrected chi connectivity index (χ0v) is 13.4. The fourth-order valence-corrected chi connectivity index (χ4v) is 2.24. The first-order valence-electron chi connectivity index (χ1n) is 7.45. The van der Waals surface area contributed by atoms with Gasteiger partial charge < -0.3 is 9.84 Å². The predicted octanol–water partition coefficient (Wildman–Crippen LogP) is 4.25. The Balaban J connectivity index is 2.07. The molecule has 0 atom stereocenters. The van der Waals surface area contributed by atoms with Crippen LogP contribution in [0.5, 0.6) is 11.6 Å². The fourth-order valence-electron chi connectivity index (χ4n) is 2.24. The van der Waals surface area contributed by atoms with Crippen molar-refractivity contribution in [2.75, 3.05) is 0 Å². The van der Waals surface area contributed by atoms with Gasteiger partial charge in [-0.25, -0.2) is 9.78 Å². The van der Waals surface area contributed by atoms with Crippen LogP contribution in [0.15, 0.2) is 54.7 Å². The Morgan fingerprint density at radius 2 is 1.83 bits per heavy atom. The van der Waals surface area contributed by atoms with Gasteiger partial charge in [0.15, 0.2) is 5.82 Å². The number of ether oxygens (including phenoxy) is 1. The Morgan fingerprint density at radius 1 is 1.08 bits per heavy atom. The van der Waals surface area contributed by atoms with E-state index in [1.165, 1.54) is 6.20 Å². The van der Waals surface area contributed by atoms with Crippen LogP contribution in [-0.2, 0) is 0 Å². The van der Waals surface area contributed by atoms with Crippen LogP contribution in [-0.4, -0.2) is 21.0 Å². The van der Waals surface area contributed by atoms with Gasteiger partial charge in [-0.2, -0.15) is 4.98 Å². The lowest BCUT2D eigenvalue weighted by Crippen LogP contribution is -2.05. The molecule has 5 heteroatoms. The summed E-state index contributed by atoms with van der Waals surface area (Å²) < 4.78 is 5.81. The maximum absolute atomic E-state index is 11.5. The molecule has 0 unspecified atom stereocenters. The molecule has 3 aromatic rings. The molecule has 0 amide bonds. The first-order valence-corrected chi connectivity index (χ1v) is 7.45. The molecule has 0 radical (unpaired) electrons. The highest BCUT2D eigenvalue weighted by atomic mass is 16.5. The molecule has 3 rings (SSSR count). The van der Waals surface area contributed by atoms with E-state index >= 15 is 0 Å². The van der Waals surface area contributed by atoms with Gasteiger partial charge in [-0.1, -0.05) is 42.5 Å². The van der Waals surface area contributed by atoms with Crippen molar-refractivity contribution in [2.24, 2.45) is 0 Å². The number of carboxylic acid groups (broad SMARTS) is 1. The van der Waals surface area contributed by atoms with Gasteiger partial charge in [0.25, 0.3) is 0 Å². The SMILES string of the molecule is Cc1ccc(C)c(Oc2nc(-c3ccccc3)ncc2C(=O)O)c1. The smallest absolute Gasteiger partial charge is 0.342 e. The highest BCUT2D eigenvalue weighted by molar-refractivity contribution is 5.90. The highest BCUT2D eigenvalue weighted by Crippen LogP contribution is 2.28. The first-order chi connectivity index (χ1) is 11.5. The molecule has 120 valence electrons. The number of carbonyl (C=O) groups is 1. The number of hydrogen-bond donors (Lipinski definition) is 1. The number of hydrogen-bond acceptors (Lipinski definition) is 4. The number of nitrogens with zero attached hydrogens (tertiary/aromatic N) is 2. The normalized spacial score (nSPS) is 10.4. The van der Waals surface area contributed by atoms with Crippen LogP contribution >= 0.6 is 0 Å². The number of carboxylic acids is 1. The molecular formula is C19H16N2O3. The Kier molecular flexibility index (Phi) is 4.24. The molecule has 5 nitrogen and oxygen atoms in total. The van der Waals surface area contributed by atoms with Gasteiger partial charge in [0.1, 0.15) is 11.3 Å². The summed E-state index contributed by atoms with van der Waals surface area (Å²) in [6.45, 7) is 3.84. The molecule has 0 saturated heterocycles. The molecule has 0 fully saturated rings. The molecular weight excluding hydrogens is 304 g/mol. The number of aryl methyl sites for hydroxylation is 2. The van der Waals surface area contributed by atoms with Crippen LogP contribution < -0.4 is 4.74 Å². The van der Waals surface area contributed by atoms with Crippen LogP contribution in [0.1, 0.15) is 21.5 Å². The van der Waals surface area contributed by atoms with E-state index in [1.54, 1.807) is 0 Å². The molecule has 1 N–H and O–H groups in total. The lowest BCUT2D eigenvalue weighted by molar-refractivity contribution is 0.0693. The summed E-state index contributed by atoms with van der Waals surface area (Å²) in [7, 11) is 0. The summed E-state index contributed by atoms with van der Waals surface area (Å²) in [5.41, 5.74) is 2.64. The average molecular weight is 320 g/mol.